The number of benzene rings is 1. The first-order valence-electron chi connectivity index (χ1n) is 8.65. The molecule has 1 saturated heterocycles. The van der Waals surface area contributed by atoms with Crippen molar-refractivity contribution in [1.29, 1.82) is 0 Å². The molecule has 0 amide bonds. The normalized spacial score (nSPS) is 16.2. The van der Waals surface area contributed by atoms with Crippen LogP contribution < -0.4 is 0 Å². The predicted molar refractivity (Wildman–Crippen MR) is 99.6 cm³/mol. The number of sulfonamides is 1. The summed E-state index contributed by atoms with van der Waals surface area (Å²) in [6, 6.07) is 5.95. The lowest BCUT2D eigenvalue weighted by Crippen LogP contribution is -2.31. The van der Waals surface area contributed by atoms with Gasteiger partial charge in [0, 0.05) is 18.5 Å². The zero-order valence-corrected chi connectivity index (χ0v) is 16.3. The Kier molecular flexibility index (Phi) is 6.05. The van der Waals surface area contributed by atoms with E-state index >= 15 is 0 Å². The lowest BCUT2D eigenvalue weighted by atomic mass is 10.2. The van der Waals surface area contributed by atoms with E-state index < -0.39 is 16.0 Å². The zero-order chi connectivity index (χ0) is 18.6. The Bertz CT molecular complexity index is 852. The predicted octanol–water partition coefficient (Wildman–Crippen LogP) is 3.37. The highest BCUT2D eigenvalue weighted by molar-refractivity contribution is 7.89. The van der Waals surface area contributed by atoms with E-state index in [1.807, 2.05) is 12.3 Å². The first-order valence-corrected chi connectivity index (χ1v) is 11.0. The average molecular weight is 395 g/mol. The standard InChI is InChI=1S/C18H22N2O4S2/c1-14-19-16(13-25-14)12-24-18(21)15-6-8-17(9-7-15)26(22,23)20-10-4-2-3-5-11-20/h6-9,13H,2-5,10-12H2,1H3. The molecule has 0 N–H and O–H groups in total. The Morgan fingerprint density at radius 1 is 1.15 bits per heavy atom. The van der Waals surface area contributed by atoms with Gasteiger partial charge in [-0.1, -0.05) is 12.8 Å². The number of carbonyl (C=O) groups excluding carboxylic acids is 1. The topological polar surface area (TPSA) is 76.6 Å². The Morgan fingerprint density at radius 2 is 1.81 bits per heavy atom. The first kappa shape index (κ1) is 19.0. The molecule has 1 aromatic carbocycles. The Morgan fingerprint density at radius 3 is 2.38 bits per heavy atom. The van der Waals surface area contributed by atoms with Crippen molar-refractivity contribution >= 4 is 27.3 Å². The summed E-state index contributed by atoms with van der Waals surface area (Å²) in [4.78, 5) is 16.6. The van der Waals surface area contributed by atoms with Gasteiger partial charge < -0.3 is 4.74 Å². The van der Waals surface area contributed by atoms with Crippen LogP contribution in [0.15, 0.2) is 34.5 Å². The third-order valence-electron chi connectivity index (χ3n) is 4.31. The molecule has 0 spiro atoms. The molecule has 0 bridgehead atoms. The third-order valence-corrected chi connectivity index (χ3v) is 7.05. The van der Waals surface area contributed by atoms with Gasteiger partial charge in [-0.25, -0.2) is 18.2 Å². The minimum absolute atomic E-state index is 0.108. The van der Waals surface area contributed by atoms with E-state index in [0.717, 1.165) is 30.7 Å². The van der Waals surface area contributed by atoms with E-state index in [1.54, 1.807) is 0 Å². The molecular weight excluding hydrogens is 372 g/mol. The van der Waals surface area contributed by atoms with Crippen LogP contribution in [0.3, 0.4) is 0 Å². The van der Waals surface area contributed by atoms with Crippen LogP contribution in [0.4, 0.5) is 0 Å². The lowest BCUT2D eigenvalue weighted by molar-refractivity contribution is 0.0468. The van der Waals surface area contributed by atoms with Gasteiger partial charge in [0.25, 0.3) is 0 Å². The van der Waals surface area contributed by atoms with Crippen molar-refractivity contribution in [3.8, 4) is 0 Å². The summed E-state index contributed by atoms with van der Waals surface area (Å²) in [5, 5.41) is 2.76. The van der Waals surface area contributed by atoms with E-state index in [1.165, 1.54) is 39.9 Å². The molecule has 1 fully saturated rings. The van der Waals surface area contributed by atoms with Crippen molar-refractivity contribution in [2.24, 2.45) is 0 Å². The SMILES string of the molecule is Cc1nc(COC(=O)c2ccc(S(=O)(=O)N3CCCCCC3)cc2)cs1. The van der Waals surface area contributed by atoms with Crippen molar-refractivity contribution in [1.82, 2.24) is 9.29 Å². The van der Waals surface area contributed by atoms with E-state index in [9.17, 15) is 13.2 Å². The van der Waals surface area contributed by atoms with Crippen LogP contribution in [-0.2, 0) is 21.4 Å². The van der Waals surface area contributed by atoms with E-state index in [4.69, 9.17) is 4.74 Å². The van der Waals surface area contributed by atoms with Gasteiger partial charge in [-0.3, -0.25) is 0 Å². The maximum Gasteiger partial charge on any atom is 0.338 e. The van der Waals surface area contributed by atoms with Crippen LogP contribution in [0.2, 0.25) is 0 Å². The third kappa shape index (κ3) is 4.49. The molecule has 26 heavy (non-hydrogen) atoms. The van der Waals surface area contributed by atoms with Crippen LogP contribution in [0.1, 0.15) is 46.7 Å². The fourth-order valence-electron chi connectivity index (χ4n) is 2.89. The van der Waals surface area contributed by atoms with Gasteiger partial charge in [0.05, 0.1) is 21.2 Å². The highest BCUT2D eigenvalue weighted by Gasteiger charge is 2.25. The number of carbonyl (C=O) groups is 1. The Hall–Kier alpha value is -1.77. The van der Waals surface area contributed by atoms with Crippen LogP contribution in [0, 0.1) is 6.92 Å². The summed E-state index contributed by atoms with van der Waals surface area (Å²) in [6.07, 6.45) is 3.91. The Balaban J connectivity index is 1.66. The molecule has 8 heteroatoms. The van der Waals surface area contributed by atoms with Gasteiger partial charge in [-0.2, -0.15) is 4.31 Å². The lowest BCUT2D eigenvalue weighted by Gasteiger charge is -2.19. The van der Waals surface area contributed by atoms with E-state index in [-0.39, 0.29) is 11.5 Å². The molecule has 0 aliphatic carbocycles. The second-order valence-electron chi connectivity index (χ2n) is 6.28. The molecule has 0 atom stereocenters. The number of aromatic nitrogens is 1. The fraction of sp³-hybridized carbons (Fsp3) is 0.444. The number of hydrogen-bond acceptors (Lipinski definition) is 6. The van der Waals surface area contributed by atoms with Crippen LogP contribution in [0.25, 0.3) is 0 Å². The van der Waals surface area contributed by atoms with Crippen LogP contribution in [0.5, 0.6) is 0 Å². The van der Waals surface area contributed by atoms with Crippen molar-refractivity contribution < 1.29 is 17.9 Å². The molecule has 140 valence electrons. The summed E-state index contributed by atoms with van der Waals surface area (Å²) in [5.41, 5.74) is 1.04. The maximum atomic E-state index is 12.7. The van der Waals surface area contributed by atoms with Gasteiger partial charge in [-0.15, -0.1) is 11.3 Å². The summed E-state index contributed by atoms with van der Waals surface area (Å²) < 4.78 is 32.2. The zero-order valence-electron chi connectivity index (χ0n) is 14.7. The summed E-state index contributed by atoms with van der Waals surface area (Å²) >= 11 is 1.50. The average Bonchev–Trinajstić information content (AvgIpc) is 2.87. The molecule has 0 saturated carbocycles. The molecule has 0 unspecified atom stereocenters. The number of ether oxygens (including phenoxy) is 1. The minimum Gasteiger partial charge on any atom is -0.456 e. The quantitative estimate of drug-likeness (QED) is 0.727. The number of nitrogens with zero attached hydrogens (tertiary/aromatic N) is 2. The fourth-order valence-corrected chi connectivity index (χ4v) is 5.01. The van der Waals surface area contributed by atoms with E-state index in [2.05, 4.69) is 4.98 Å². The molecule has 2 heterocycles. The molecular formula is C18H22N2O4S2. The monoisotopic (exact) mass is 394 g/mol. The first-order chi connectivity index (χ1) is 12.5. The Labute approximate surface area is 157 Å². The second kappa shape index (κ2) is 8.28. The molecule has 1 aromatic heterocycles. The molecule has 6 nitrogen and oxygen atoms in total. The van der Waals surface area contributed by atoms with E-state index in [0.29, 0.717) is 24.3 Å². The van der Waals surface area contributed by atoms with Gasteiger partial charge in [0.15, 0.2) is 0 Å². The molecule has 2 aromatic rings. The molecule has 1 aliphatic heterocycles. The maximum absolute atomic E-state index is 12.7. The highest BCUT2D eigenvalue weighted by atomic mass is 32.2. The second-order valence-corrected chi connectivity index (χ2v) is 9.28. The summed E-state index contributed by atoms with van der Waals surface area (Å²) in [5.74, 6) is -0.491. The van der Waals surface area contributed by atoms with Crippen molar-refractivity contribution in [3.05, 3.63) is 45.9 Å². The summed E-state index contributed by atoms with van der Waals surface area (Å²) in [6.45, 7) is 3.11. The van der Waals surface area contributed by atoms with Crippen molar-refractivity contribution in [2.75, 3.05) is 13.1 Å². The number of hydrogen-bond donors (Lipinski definition) is 0. The van der Waals surface area contributed by atoms with Crippen molar-refractivity contribution in [2.45, 2.75) is 44.1 Å². The smallest absolute Gasteiger partial charge is 0.338 e. The molecule has 1 aliphatic rings. The highest BCUT2D eigenvalue weighted by Crippen LogP contribution is 2.21. The molecule has 3 rings (SSSR count). The minimum atomic E-state index is -3.51. The van der Waals surface area contributed by atoms with Crippen molar-refractivity contribution in [3.63, 3.8) is 0 Å². The van der Waals surface area contributed by atoms with Crippen LogP contribution >= 0.6 is 11.3 Å². The van der Waals surface area contributed by atoms with Crippen LogP contribution in [-0.4, -0.2) is 36.8 Å². The van der Waals surface area contributed by atoms with Gasteiger partial charge in [0.1, 0.15) is 6.61 Å². The number of esters is 1. The summed E-state index contributed by atoms with van der Waals surface area (Å²) in [7, 11) is -3.51. The molecule has 0 radical (unpaired) electrons. The number of rotatable bonds is 5. The largest absolute Gasteiger partial charge is 0.456 e. The van der Waals surface area contributed by atoms with Gasteiger partial charge in [-0.05, 0) is 44.0 Å². The van der Waals surface area contributed by atoms with Gasteiger partial charge in [0.2, 0.25) is 10.0 Å². The number of thiazole rings is 1. The van der Waals surface area contributed by atoms with Gasteiger partial charge >= 0.3 is 5.97 Å². The number of aryl methyl sites for hydroxylation is 1.